The van der Waals surface area contributed by atoms with Gasteiger partial charge >= 0.3 is 5.97 Å². The average molecular weight is 270 g/mol. The molecule has 0 spiro atoms. The molecule has 1 aliphatic carbocycles. The van der Waals surface area contributed by atoms with Gasteiger partial charge < -0.3 is 24.5 Å². The van der Waals surface area contributed by atoms with Gasteiger partial charge in [0.15, 0.2) is 0 Å². The number of hydrogen-bond acceptors (Lipinski definition) is 6. The molecule has 1 aliphatic heterocycles. The molecular weight excluding hydrogens is 252 g/mol. The van der Waals surface area contributed by atoms with Gasteiger partial charge in [0.1, 0.15) is 6.29 Å². The molecule has 1 heterocycles. The summed E-state index contributed by atoms with van der Waals surface area (Å²) in [6.07, 6.45) is 0.586. The van der Waals surface area contributed by atoms with Crippen LogP contribution in [0.15, 0.2) is 11.8 Å². The van der Waals surface area contributed by atoms with Crippen LogP contribution in [0.25, 0.3) is 0 Å². The van der Waals surface area contributed by atoms with Gasteiger partial charge in [-0.25, -0.2) is 4.79 Å². The molecule has 2 rings (SSSR count). The molecule has 0 aromatic rings. The predicted molar refractivity (Wildman–Crippen MR) is 63.5 cm³/mol. The Hall–Kier alpha value is -1.40. The van der Waals surface area contributed by atoms with E-state index in [4.69, 9.17) is 4.74 Å². The van der Waals surface area contributed by atoms with E-state index in [2.05, 4.69) is 4.74 Å². The summed E-state index contributed by atoms with van der Waals surface area (Å²) in [6, 6.07) is 0. The van der Waals surface area contributed by atoms with Crippen molar-refractivity contribution in [3.8, 4) is 0 Å². The second-order valence-electron chi connectivity index (χ2n) is 5.39. The minimum atomic E-state index is -1.43. The number of aliphatic hydroxyl groups excluding tert-OH is 1. The van der Waals surface area contributed by atoms with Gasteiger partial charge in [-0.15, -0.1) is 0 Å². The second kappa shape index (κ2) is 4.61. The fourth-order valence-corrected chi connectivity index (χ4v) is 3.48. The Labute approximate surface area is 111 Å². The lowest BCUT2D eigenvalue weighted by Crippen LogP contribution is -2.47. The maximum Gasteiger partial charge on any atom is 0.337 e. The van der Waals surface area contributed by atoms with Crippen molar-refractivity contribution in [2.75, 3.05) is 7.11 Å². The smallest absolute Gasteiger partial charge is 0.337 e. The summed E-state index contributed by atoms with van der Waals surface area (Å²) in [5.74, 6) is -2.75. The first-order valence-corrected chi connectivity index (χ1v) is 6.15. The average Bonchev–Trinajstić information content (AvgIpc) is 2.57. The van der Waals surface area contributed by atoms with Crippen LogP contribution in [0.2, 0.25) is 0 Å². The van der Waals surface area contributed by atoms with Crippen molar-refractivity contribution in [3.63, 3.8) is 0 Å². The maximum atomic E-state index is 11.7. The number of fused-ring (bicyclic) bond motifs is 1. The van der Waals surface area contributed by atoms with Gasteiger partial charge in [-0.05, 0) is 12.8 Å². The van der Waals surface area contributed by atoms with E-state index in [0.717, 1.165) is 6.26 Å². The highest BCUT2D eigenvalue weighted by molar-refractivity contribution is 5.89. The molecule has 0 amide bonds. The molecule has 0 bridgehead atoms. The monoisotopic (exact) mass is 270 g/mol. The number of hydrogen-bond donors (Lipinski definition) is 2. The first-order valence-electron chi connectivity index (χ1n) is 6.15. The maximum absolute atomic E-state index is 11.7. The highest BCUT2D eigenvalue weighted by Gasteiger charge is 2.61. The van der Waals surface area contributed by atoms with E-state index in [1.54, 1.807) is 6.92 Å². The quantitative estimate of drug-likeness (QED) is 0.535. The minimum Gasteiger partial charge on any atom is -0.472 e. The van der Waals surface area contributed by atoms with Crippen LogP contribution >= 0.6 is 0 Å². The molecule has 0 radical (unpaired) electrons. The molecule has 106 valence electrons. The summed E-state index contributed by atoms with van der Waals surface area (Å²) >= 11 is 0. The molecule has 0 aromatic carbocycles. The number of aliphatic hydroxyl groups is 2. The van der Waals surface area contributed by atoms with Gasteiger partial charge in [0.25, 0.3) is 0 Å². The molecule has 19 heavy (non-hydrogen) atoms. The molecule has 2 N–H and O–H groups in total. The second-order valence-corrected chi connectivity index (χ2v) is 5.39. The number of carbonyl (C=O) groups excluding carboxylic acids is 2. The number of methoxy groups -OCH3 is 1. The van der Waals surface area contributed by atoms with Gasteiger partial charge in [-0.2, -0.15) is 0 Å². The first-order chi connectivity index (χ1) is 8.86. The number of rotatable bonds is 2. The molecule has 2 unspecified atom stereocenters. The van der Waals surface area contributed by atoms with Crippen molar-refractivity contribution in [2.24, 2.45) is 23.7 Å². The molecule has 6 nitrogen and oxygen atoms in total. The zero-order valence-corrected chi connectivity index (χ0v) is 11.1. The molecule has 1 saturated carbocycles. The molecule has 2 aliphatic rings. The number of esters is 1. The van der Waals surface area contributed by atoms with Crippen LogP contribution in [0.3, 0.4) is 0 Å². The molecule has 6 atom stereocenters. The highest BCUT2D eigenvalue weighted by Crippen LogP contribution is 2.53. The number of aldehydes is 1. The largest absolute Gasteiger partial charge is 0.472 e. The summed E-state index contributed by atoms with van der Waals surface area (Å²) < 4.78 is 9.70. The van der Waals surface area contributed by atoms with Crippen molar-refractivity contribution in [1.82, 2.24) is 0 Å². The number of carbonyl (C=O) groups is 2. The summed E-state index contributed by atoms with van der Waals surface area (Å²) in [5, 5.41) is 20.4. The van der Waals surface area contributed by atoms with E-state index in [-0.39, 0.29) is 11.5 Å². The zero-order valence-electron chi connectivity index (χ0n) is 11.1. The van der Waals surface area contributed by atoms with Crippen LogP contribution < -0.4 is 0 Å². The highest BCUT2D eigenvalue weighted by atomic mass is 16.6. The first kappa shape index (κ1) is 14.0. The Kier molecular flexibility index (Phi) is 3.40. The zero-order chi connectivity index (χ0) is 14.4. The Morgan fingerprint density at radius 2 is 2.21 bits per heavy atom. The molecular formula is C13H18O6. The van der Waals surface area contributed by atoms with Crippen molar-refractivity contribution >= 4 is 12.3 Å². The van der Waals surface area contributed by atoms with Crippen LogP contribution in [0.5, 0.6) is 0 Å². The van der Waals surface area contributed by atoms with Crippen LogP contribution in [-0.4, -0.2) is 41.5 Å². The van der Waals surface area contributed by atoms with E-state index in [1.807, 2.05) is 0 Å². The lowest BCUT2D eigenvalue weighted by molar-refractivity contribution is -0.171. The van der Waals surface area contributed by atoms with Crippen molar-refractivity contribution in [2.45, 2.75) is 25.7 Å². The van der Waals surface area contributed by atoms with Crippen molar-refractivity contribution in [1.29, 1.82) is 0 Å². The molecule has 0 saturated heterocycles. The van der Waals surface area contributed by atoms with E-state index in [1.165, 1.54) is 14.0 Å². The minimum absolute atomic E-state index is 0.245. The molecule has 1 fully saturated rings. The summed E-state index contributed by atoms with van der Waals surface area (Å²) in [5.41, 5.74) is -1.19. The predicted octanol–water partition coefficient (Wildman–Crippen LogP) is -0.160. The van der Waals surface area contributed by atoms with Crippen molar-refractivity contribution in [3.05, 3.63) is 11.8 Å². The lowest BCUT2D eigenvalue weighted by Gasteiger charge is -2.36. The van der Waals surface area contributed by atoms with Crippen LogP contribution in [-0.2, 0) is 19.1 Å². The van der Waals surface area contributed by atoms with Gasteiger partial charge in [0.2, 0.25) is 6.29 Å². The van der Waals surface area contributed by atoms with E-state index in [9.17, 15) is 19.8 Å². The third kappa shape index (κ3) is 1.86. The summed E-state index contributed by atoms with van der Waals surface area (Å²) in [4.78, 5) is 23.0. The fourth-order valence-electron chi connectivity index (χ4n) is 3.48. The number of ether oxygens (including phenoxy) is 2. The van der Waals surface area contributed by atoms with E-state index >= 15 is 0 Å². The van der Waals surface area contributed by atoms with Crippen LogP contribution in [0, 0.1) is 23.7 Å². The third-order valence-corrected chi connectivity index (χ3v) is 4.44. The SMILES string of the molecule is COC(=O)C1=COC(O)[C@H]2[C@@H]1[C@H](C)C(C=O)[C@]2(C)O. The van der Waals surface area contributed by atoms with Crippen LogP contribution in [0.4, 0.5) is 0 Å². The van der Waals surface area contributed by atoms with E-state index < -0.39 is 35.6 Å². The standard InChI is InChI=1S/C13H18O6/c1-6-8(4-14)13(2,17)10-9(6)7(11(15)18-3)5-19-12(10)16/h4-6,8-10,12,16-17H,1-3H3/t6-,8?,9-,10-,12?,13+/m1/s1. The van der Waals surface area contributed by atoms with Crippen LogP contribution in [0.1, 0.15) is 13.8 Å². The topological polar surface area (TPSA) is 93.1 Å². The summed E-state index contributed by atoms with van der Waals surface area (Å²) in [6.45, 7) is 3.26. The Morgan fingerprint density at radius 1 is 1.58 bits per heavy atom. The van der Waals surface area contributed by atoms with Gasteiger partial charge in [0, 0.05) is 11.8 Å². The fraction of sp³-hybridized carbons (Fsp3) is 0.692. The van der Waals surface area contributed by atoms with Gasteiger partial charge in [0.05, 0.1) is 30.5 Å². The van der Waals surface area contributed by atoms with Gasteiger partial charge in [-0.1, -0.05) is 6.92 Å². The van der Waals surface area contributed by atoms with Gasteiger partial charge in [-0.3, -0.25) is 0 Å². The Bertz CT molecular complexity index is 427. The normalized spacial score (nSPS) is 44.9. The molecule has 6 heteroatoms. The summed E-state index contributed by atoms with van der Waals surface area (Å²) in [7, 11) is 1.25. The Balaban J connectivity index is 2.48. The third-order valence-electron chi connectivity index (χ3n) is 4.44. The molecule has 0 aromatic heterocycles. The Morgan fingerprint density at radius 3 is 2.74 bits per heavy atom. The van der Waals surface area contributed by atoms with Crippen molar-refractivity contribution < 1.29 is 29.3 Å². The lowest BCUT2D eigenvalue weighted by atomic mass is 9.79. The van der Waals surface area contributed by atoms with E-state index in [0.29, 0.717) is 6.29 Å².